The van der Waals surface area contributed by atoms with Gasteiger partial charge in [-0.2, -0.15) is 0 Å². The lowest BCUT2D eigenvalue weighted by atomic mass is 10.0. The molecule has 6 N–H and O–H groups in total. The third-order valence-electron chi connectivity index (χ3n) is 4.71. The van der Waals surface area contributed by atoms with E-state index < -0.39 is 18.9 Å². The molecule has 0 bridgehead atoms. The molecule has 0 saturated carbocycles. The third kappa shape index (κ3) is 6.29. The highest BCUT2D eigenvalue weighted by Gasteiger charge is 2.32. The van der Waals surface area contributed by atoms with Crippen LogP contribution in [0.3, 0.4) is 0 Å². The number of hydrogen-bond acceptors (Lipinski definition) is 9. The Bertz CT molecular complexity index is 1040. The van der Waals surface area contributed by atoms with Gasteiger partial charge in [-0.1, -0.05) is 23.7 Å². The summed E-state index contributed by atoms with van der Waals surface area (Å²) in [6.07, 6.45) is 1.25. The molecule has 0 aliphatic carbocycles. The van der Waals surface area contributed by atoms with Gasteiger partial charge in [0.2, 0.25) is 5.88 Å². The van der Waals surface area contributed by atoms with Crippen molar-refractivity contribution in [2.75, 3.05) is 23.8 Å². The topological polar surface area (TPSA) is 140 Å². The molecule has 0 amide bonds. The van der Waals surface area contributed by atoms with Crippen LogP contribution in [0.15, 0.2) is 36.7 Å². The second-order valence-electron chi connectivity index (χ2n) is 7.74. The van der Waals surface area contributed by atoms with E-state index >= 15 is 0 Å². The number of aliphatic hydroxyl groups is 2. The largest absolute Gasteiger partial charge is 0.474 e. The molecular weight excluding hydrogens is 453 g/mol. The molecule has 0 aliphatic rings. The van der Waals surface area contributed by atoms with Crippen molar-refractivity contribution < 1.29 is 19.3 Å². The first-order chi connectivity index (χ1) is 15.7. The normalized spacial score (nSPS) is 12.6. The molecule has 1 aromatic carbocycles. The maximum Gasteiger partial charge on any atom is 0.234 e. The Labute approximate surface area is 195 Å². The molecule has 33 heavy (non-hydrogen) atoms. The lowest BCUT2D eigenvalue weighted by Crippen LogP contribution is -2.58. The van der Waals surface area contributed by atoms with Crippen molar-refractivity contribution >= 4 is 29.1 Å². The SMILES string of the molecule is CC(C)Oc1cc(Nc2ncnc(NC(CO)(CO)NC(C)c3ccc(F)cc3)c2Cl)[nH]n1. The Morgan fingerprint density at radius 2 is 1.79 bits per heavy atom. The minimum absolute atomic E-state index is 0.0329. The van der Waals surface area contributed by atoms with Crippen LogP contribution < -0.4 is 20.7 Å². The van der Waals surface area contributed by atoms with Gasteiger partial charge in [0.1, 0.15) is 28.6 Å². The van der Waals surface area contributed by atoms with E-state index in [1.807, 2.05) is 20.8 Å². The standard InChI is InChI=1S/C21H27ClFN7O3/c1-12(2)33-17-8-16(29-30-17)26-19-18(22)20(25-11-24-19)28-21(9-31,10-32)27-13(3)14-4-6-15(23)7-5-14/h4-8,11-13,27,31-32H,9-10H2,1-3H3,(H3,24,25,26,28,29,30). The molecule has 1 atom stereocenters. The van der Waals surface area contributed by atoms with Gasteiger partial charge in [-0.05, 0) is 38.5 Å². The van der Waals surface area contributed by atoms with Gasteiger partial charge in [0, 0.05) is 12.1 Å². The molecule has 0 spiro atoms. The Hall–Kier alpha value is -2.99. The molecule has 2 aromatic heterocycles. The van der Waals surface area contributed by atoms with E-state index in [0.29, 0.717) is 11.7 Å². The first-order valence-corrected chi connectivity index (χ1v) is 10.7. The molecule has 0 saturated heterocycles. The highest BCUT2D eigenvalue weighted by atomic mass is 35.5. The van der Waals surface area contributed by atoms with Gasteiger partial charge in [-0.3, -0.25) is 10.4 Å². The van der Waals surface area contributed by atoms with Crippen LogP contribution in [0.2, 0.25) is 5.02 Å². The zero-order valence-electron chi connectivity index (χ0n) is 18.4. The summed E-state index contributed by atoms with van der Waals surface area (Å²) < 4.78 is 18.8. The number of rotatable bonds is 11. The van der Waals surface area contributed by atoms with Crippen LogP contribution in [0.25, 0.3) is 0 Å². The van der Waals surface area contributed by atoms with E-state index in [0.717, 1.165) is 5.56 Å². The van der Waals surface area contributed by atoms with Crippen molar-refractivity contribution in [1.29, 1.82) is 0 Å². The molecular formula is C21H27ClFN7O3. The highest BCUT2D eigenvalue weighted by Crippen LogP contribution is 2.30. The third-order valence-corrected chi connectivity index (χ3v) is 5.07. The molecule has 3 rings (SSSR count). The van der Waals surface area contributed by atoms with Crippen molar-refractivity contribution in [1.82, 2.24) is 25.5 Å². The number of aliphatic hydroxyl groups excluding tert-OH is 2. The highest BCUT2D eigenvalue weighted by molar-refractivity contribution is 6.35. The number of H-pyrrole nitrogens is 1. The second kappa shape index (κ2) is 10.8. The van der Waals surface area contributed by atoms with Crippen LogP contribution in [0.1, 0.15) is 32.4 Å². The monoisotopic (exact) mass is 479 g/mol. The molecule has 2 heterocycles. The zero-order valence-corrected chi connectivity index (χ0v) is 19.2. The molecule has 10 nitrogen and oxygen atoms in total. The Balaban J connectivity index is 1.78. The number of aromatic nitrogens is 4. The van der Waals surface area contributed by atoms with Crippen LogP contribution in [-0.2, 0) is 0 Å². The summed E-state index contributed by atoms with van der Waals surface area (Å²) in [7, 11) is 0. The molecule has 0 aliphatic heterocycles. The fourth-order valence-electron chi connectivity index (χ4n) is 3.07. The van der Waals surface area contributed by atoms with E-state index in [-0.39, 0.29) is 34.6 Å². The lowest BCUT2D eigenvalue weighted by molar-refractivity contribution is 0.102. The van der Waals surface area contributed by atoms with Gasteiger partial charge in [0.25, 0.3) is 0 Å². The molecule has 3 aromatic rings. The van der Waals surface area contributed by atoms with Gasteiger partial charge in [0.15, 0.2) is 11.6 Å². The summed E-state index contributed by atoms with van der Waals surface area (Å²) in [6, 6.07) is 7.23. The van der Waals surface area contributed by atoms with E-state index in [1.165, 1.54) is 18.5 Å². The Kier molecular flexibility index (Phi) is 8.03. The summed E-state index contributed by atoms with van der Waals surface area (Å²) in [5.41, 5.74) is -0.616. The number of hydrogen-bond donors (Lipinski definition) is 6. The van der Waals surface area contributed by atoms with Crippen molar-refractivity contribution in [2.24, 2.45) is 0 Å². The number of halogens is 2. The summed E-state index contributed by atoms with van der Waals surface area (Å²) in [5.74, 6) is 0.998. The van der Waals surface area contributed by atoms with E-state index in [2.05, 4.69) is 36.1 Å². The number of ether oxygens (including phenoxy) is 1. The van der Waals surface area contributed by atoms with Crippen LogP contribution in [0, 0.1) is 5.82 Å². The molecule has 0 radical (unpaired) electrons. The number of anilines is 3. The van der Waals surface area contributed by atoms with Crippen molar-refractivity contribution in [3.8, 4) is 5.88 Å². The Morgan fingerprint density at radius 3 is 2.42 bits per heavy atom. The molecule has 178 valence electrons. The minimum Gasteiger partial charge on any atom is -0.474 e. The maximum atomic E-state index is 13.2. The number of benzene rings is 1. The van der Waals surface area contributed by atoms with Crippen molar-refractivity contribution in [3.63, 3.8) is 0 Å². The van der Waals surface area contributed by atoms with Gasteiger partial charge < -0.3 is 25.6 Å². The van der Waals surface area contributed by atoms with Crippen molar-refractivity contribution in [2.45, 2.75) is 38.6 Å². The van der Waals surface area contributed by atoms with E-state index in [9.17, 15) is 14.6 Å². The van der Waals surface area contributed by atoms with Crippen molar-refractivity contribution in [3.05, 3.63) is 53.1 Å². The van der Waals surface area contributed by atoms with Gasteiger partial charge in [0.05, 0.1) is 19.3 Å². The average molecular weight is 480 g/mol. The predicted octanol–water partition coefficient (Wildman–Crippen LogP) is 2.97. The minimum atomic E-state index is -1.38. The lowest BCUT2D eigenvalue weighted by Gasteiger charge is -2.36. The average Bonchev–Trinajstić information content (AvgIpc) is 3.22. The number of nitrogens with one attached hydrogen (secondary N) is 4. The fourth-order valence-corrected chi connectivity index (χ4v) is 3.27. The Morgan fingerprint density at radius 1 is 1.12 bits per heavy atom. The molecule has 0 fully saturated rings. The molecule has 12 heteroatoms. The molecule has 1 unspecified atom stereocenters. The van der Waals surface area contributed by atoms with Gasteiger partial charge in [-0.25, -0.2) is 14.4 Å². The van der Waals surface area contributed by atoms with Gasteiger partial charge in [-0.15, -0.1) is 5.10 Å². The smallest absolute Gasteiger partial charge is 0.234 e. The number of nitrogens with zero attached hydrogens (tertiary/aromatic N) is 3. The second-order valence-corrected chi connectivity index (χ2v) is 8.12. The fraction of sp³-hybridized carbons (Fsp3) is 0.381. The van der Waals surface area contributed by atoms with E-state index in [4.69, 9.17) is 16.3 Å². The maximum absolute atomic E-state index is 13.2. The summed E-state index contributed by atoms with van der Waals surface area (Å²) in [5, 5.41) is 36.2. The quantitative estimate of drug-likeness (QED) is 0.229. The summed E-state index contributed by atoms with van der Waals surface area (Å²) >= 11 is 6.49. The van der Waals surface area contributed by atoms with Crippen LogP contribution in [-0.4, -0.2) is 55.4 Å². The first-order valence-electron chi connectivity index (χ1n) is 10.3. The first kappa shape index (κ1) is 24.6. The predicted molar refractivity (Wildman–Crippen MR) is 123 cm³/mol. The summed E-state index contributed by atoms with van der Waals surface area (Å²) in [6.45, 7) is 4.61. The summed E-state index contributed by atoms with van der Waals surface area (Å²) in [4.78, 5) is 8.28. The van der Waals surface area contributed by atoms with Crippen LogP contribution >= 0.6 is 11.6 Å². The van der Waals surface area contributed by atoms with Crippen LogP contribution in [0.5, 0.6) is 5.88 Å². The van der Waals surface area contributed by atoms with Gasteiger partial charge >= 0.3 is 0 Å². The number of aromatic amines is 1. The van der Waals surface area contributed by atoms with E-state index in [1.54, 1.807) is 18.2 Å². The zero-order chi connectivity index (χ0) is 24.0. The van der Waals surface area contributed by atoms with Crippen LogP contribution in [0.4, 0.5) is 21.8 Å².